The van der Waals surface area contributed by atoms with Gasteiger partial charge in [-0.3, -0.25) is 9.80 Å². The average molecular weight is 351 g/mol. The van der Waals surface area contributed by atoms with Crippen LogP contribution in [0.25, 0.3) is 0 Å². The average Bonchev–Trinajstić information content (AvgIpc) is 3.00. The van der Waals surface area contributed by atoms with Crippen LogP contribution in [-0.2, 0) is 13.1 Å². The van der Waals surface area contributed by atoms with E-state index < -0.39 is 0 Å². The molecule has 2 aromatic rings. The first-order chi connectivity index (χ1) is 11.2. The minimum absolute atomic E-state index is 0.661. The van der Waals surface area contributed by atoms with Gasteiger partial charge >= 0.3 is 0 Å². The Morgan fingerprint density at radius 3 is 2.91 bits per heavy atom. The SMILES string of the molecule is Cc1[nH]cnc1CN1C[C@H]2CC[C@@H](C1)N(Cc1ccc(Cl)s1)C2. The molecule has 124 valence electrons. The molecular formula is C17H23ClN4S. The van der Waals surface area contributed by atoms with Crippen LogP contribution in [0.5, 0.6) is 0 Å². The number of fused-ring (bicyclic) bond motifs is 4. The lowest BCUT2D eigenvalue weighted by molar-refractivity contribution is 0.124. The van der Waals surface area contributed by atoms with Crippen LogP contribution in [0.15, 0.2) is 18.5 Å². The Hall–Kier alpha value is -0.880. The highest BCUT2D eigenvalue weighted by Gasteiger charge is 2.35. The minimum atomic E-state index is 0.661. The van der Waals surface area contributed by atoms with Crippen molar-refractivity contribution in [2.45, 2.75) is 38.9 Å². The normalized spacial score (nSPS) is 25.8. The fourth-order valence-corrected chi connectivity index (χ4v) is 5.11. The maximum Gasteiger partial charge on any atom is 0.0931 e. The van der Waals surface area contributed by atoms with Crippen LogP contribution >= 0.6 is 22.9 Å². The molecule has 2 atom stereocenters. The van der Waals surface area contributed by atoms with Crippen molar-refractivity contribution in [2.75, 3.05) is 19.6 Å². The van der Waals surface area contributed by atoms with Crippen LogP contribution in [0.4, 0.5) is 0 Å². The summed E-state index contributed by atoms with van der Waals surface area (Å²) in [5.74, 6) is 0.781. The molecule has 23 heavy (non-hydrogen) atoms. The van der Waals surface area contributed by atoms with E-state index in [4.69, 9.17) is 11.6 Å². The van der Waals surface area contributed by atoms with E-state index in [0.29, 0.717) is 6.04 Å². The Kier molecular flexibility index (Phi) is 4.46. The highest BCUT2D eigenvalue weighted by molar-refractivity contribution is 7.16. The molecule has 5 heterocycles. The van der Waals surface area contributed by atoms with E-state index in [1.807, 2.05) is 12.4 Å². The summed E-state index contributed by atoms with van der Waals surface area (Å²) in [5.41, 5.74) is 2.40. The number of aryl methyl sites for hydroxylation is 1. The number of rotatable bonds is 4. The van der Waals surface area contributed by atoms with Crippen molar-refractivity contribution in [2.24, 2.45) is 5.92 Å². The van der Waals surface area contributed by atoms with Crippen molar-refractivity contribution >= 4 is 22.9 Å². The number of aromatic nitrogens is 2. The molecule has 0 unspecified atom stereocenters. The van der Waals surface area contributed by atoms with Crippen LogP contribution in [-0.4, -0.2) is 45.4 Å². The summed E-state index contributed by atoms with van der Waals surface area (Å²) in [7, 11) is 0. The molecule has 0 amide bonds. The minimum Gasteiger partial charge on any atom is -0.348 e. The molecule has 0 aliphatic carbocycles. The van der Waals surface area contributed by atoms with Gasteiger partial charge in [-0.05, 0) is 37.8 Å². The molecule has 1 N–H and O–H groups in total. The van der Waals surface area contributed by atoms with Crippen molar-refractivity contribution < 1.29 is 0 Å². The van der Waals surface area contributed by atoms with Crippen LogP contribution in [0, 0.1) is 12.8 Å². The number of nitrogens with zero attached hydrogens (tertiary/aromatic N) is 3. The molecule has 3 aliphatic rings. The van der Waals surface area contributed by atoms with Crippen molar-refractivity contribution in [3.05, 3.63) is 39.1 Å². The predicted octanol–water partition coefficient (Wildman–Crippen LogP) is 3.53. The van der Waals surface area contributed by atoms with Gasteiger partial charge in [-0.25, -0.2) is 4.98 Å². The summed E-state index contributed by atoms with van der Waals surface area (Å²) in [6, 6.07) is 4.86. The smallest absolute Gasteiger partial charge is 0.0931 e. The number of H-pyrrole nitrogens is 1. The third-order valence-corrected chi connectivity index (χ3v) is 6.41. The first-order valence-electron chi connectivity index (χ1n) is 8.37. The molecule has 0 saturated carbocycles. The summed E-state index contributed by atoms with van der Waals surface area (Å²) in [6.45, 7) is 7.71. The second kappa shape index (κ2) is 6.55. The third kappa shape index (κ3) is 3.48. The van der Waals surface area contributed by atoms with Crippen LogP contribution in [0.1, 0.15) is 29.1 Å². The number of aromatic amines is 1. The van der Waals surface area contributed by atoms with E-state index in [1.54, 1.807) is 11.3 Å². The standard InChI is InChI=1S/C17H23ClN4S/c1-12-16(20-11-19-12)10-21-6-13-2-3-14(8-21)22(7-13)9-15-4-5-17(18)23-15/h4-5,11,13-14H,2-3,6-10H2,1H3,(H,19,20)/t13-,14+/m1/s1. The van der Waals surface area contributed by atoms with Crippen molar-refractivity contribution in [1.82, 2.24) is 19.8 Å². The number of thiophene rings is 1. The van der Waals surface area contributed by atoms with Gasteiger partial charge in [0.25, 0.3) is 0 Å². The largest absolute Gasteiger partial charge is 0.348 e. The highest BCUT2D eigenvalue weighted by atomic mass is 35.5. The van der Waals surface area contributed by atoms with Crippen molar-refractivity contribution in [1.29, 1.82) is 0 Å². The van der Waals surface area contributed by atoms with E-state index in [1.165, 1.54) is 42.2 Å². The van der Waals surface area contributed by atoms with Gasteiger partial charge in [0.2, 0.25) is 0 Å². The Morgan fingerprint density at radius 2 is 2.17 bits per heavy atom. The molecule has 3 fully saturated rings. The molecule has 2 aromatic heterocycles. The van der Waals surface area contributed by atoms with E-state index in [9.17, 15) is 0 Å². The molecule has 6 heteroatoms. The monoisotopic (exact) mass is 350 g/mol. The quantitative estimate of drug-likeness (QED) is 0.916. The second-order valence-electron chi connectivity index (χ2n) is 6.90. The third-order valence-electron chi connectivity index (χ3n) is 5.20. The number of hydrogen-bond donors (Lipinski definition) is 1. The number of hydrogen-bond acceptors (Lipinski definition) is 4. The van der Waals surface area contributed by atoms with Gasteiger partial charge in [0, 0.05) is 49.3 Å². The maximum atomic E-state index is 6.09. The lowest BCUT2D eigenvalue weighted by Gasteiger charge is -2.35. The highest BCUT2D eigenvalue weighted by Crippen LogP contribution is 2.31. The number of piperidine rings is 1. The van der Waals surface area contributed by atoms with Gasteiger partial charge in [0.05, 0.1) is 16.4 Å². The molecule has 3 saturated heterocycles. The molecule has 5 rings (SSSR count). The van der Waals surface area contributed by atoms with Crippen molar-refractivity contribution in [3.8, 4) is 0 Å². The van der Waals surface area contributed by atoms with Crippen LogP contribution < -0.4 is 0 Å². The fourth-order valence-electron chi connectivity index (χ4n) is 3.99. The van der Waals surface area contributed by atoms with Crippen LogP contribution in [0.2, 0.25) is 4.34 Å². The maximum absolute atomic E-state index is 6.09. The molecule has 2 bridgehead atoms. The van der Waals surface area contributed by atoms with Gasteiger partial charge in [0.1, 0.15) is 0 Å². The van der Waals surface area contributed by atoms with Gasteiger partial charge in [-0.2, -0.15) is 0 Å². The predicted molar refractivity (Wildman–Crippen MR) is 94.9 cm³/mol. The Morgan fingerprint density at radius 1 is 1.26 bits per heavy atom. The zero-order valence-corrected chi connectivity index (χ0v) is 15.0. The van der Waals surface area contributed by atoms with E-state index in [2.05, 4.69) is 32.8 Å². The summed E-state index contributed by atoms with van der Waals surface area (Å²) < 4.78 is 0.899. The van der Waals surface area contributed by atoms with Gasteiger partial charge < -0.3 is 4.98 Å². The molecule has 4 nitrogen and oxygen atoms in total. The summed E-state index contributed by atoms with van der Waals surface area (Å²) >= 11 is 7.81. The second-order valence-corrected chi connectivity index (χ2v) is 8.70. The lowest BCUT2D eigenvalue weighted by atomic mass is 9.95. The number of nitrogens with one attached hydrogen (secondary N) is 1. The van der Waals surface area contributed by atoms with E-state index in [0.717, 1.165) is 29.9 Å². The zero-order valence-electron chi connectivity index (χ0n) is 13.5. The summed E-state index contributed by atoms with van der Waals surface area (Å²) in [5, 5.41) is 0. The molecule has 0 aromatic carbocycles. The Labute approximate surface area is 146 Å². The molecular weight excluding hydrogens is 328 g/mol. The van der Waals surface area contributed by atoms with E-state index >= 15 is 0 Å². The molecule has 3 aliphatic heterocycles. The van der Waals surface area contributed by atoms with Crippen LogP contribution in [0.3, 0.4) is 0 Å². The summed E-state index contributed by atoms with van der Waals surface area (Å²) in [4.78, 5) is 14.3. The molecule has 0 radical (unpaired) electrons. The fraction of sp³-hybridized carbons (Fsp3) is 0.588. The van der Waals surface area contributed by atoms with E-state index in [-0.39, 0.29) is 0 Å². The number of halogens is 1. The Bertz CT molecular complexity index is 667. The Balaban J connectivity index is 1.45. The first kappa shape index (κ1) is 15.6. The van der Waals surface area contributed by atoms with Gasteiger partial charge in [-0.1, -0.05) is 11.6 Å². The first-order valence-corrected chi connectivity index (χ1v) is 9.56. The summed E-state index contributed by atoms with van der Waals surface area (Å²) in [6.07, 6.45) is 4.49. The van der Waals surface area contributed by atoms with Gasteiger partial charge in [0.15, 0.2) is 0 Å². The molecule has 0 spiro atoms. The zero-order chi connectivity index (χ0) is 15.8. The lowest BCUT2D eigenvalue weighted by Crippen LogP contribution is -2.43. The van der Waals surface area contributed by atoms with Crippen molar-refractivity contribution in [3.63, 3.8) is 0 Å². The van der Waals surface area contributed by atoms with Gasteiger partial charge in [-0.15, -0.1) is 11.3 Å². The number of imidazole rings is 1. The topological polar surface area (TPSA) is 35.2 Å².